The highest BCUT2D eigenvalue weighted by Gasteiger charge is 2.10. The summed E-state index contributed by atoms with van der Waals surface area (Å²) in [5.74, 6) is 0.533. The molecule has 0 saturated heterocycles. The summed E-state index contributed by atoms with van der Waals surface area (Å²) in [6, 6.07) is 5.70. The van der Waals surface area contributed by atoms with E-state index in [0.717, 1.165) is 22.2 Å². The predicted octanol–water partition coefficient (Wildman–Crippen LogP) is 1.80. The number of hydrogen-bond acceptors (Lipinski definition) is 4. The first-order chi connectivity index (χ1) is 7.36. The van der Waals surface area contributed by atoms with Gasteiger partial charge in [-0.25, -0.2) is 4.98 Å². The van der Waals surface area contributed by atoms with E-state index in [1.807, 2.05) is 18.2 Å². The van der Waals surface area contributed by atoms with Crippen LogP contribution < -0.4 is 5.73 Å². The molecule has 2 aromatic heterocycles. The number of H-pyrrole nitrogens is 1. The van der Waals surface area contributed by atoms with E-state index in [1.54, 1.807) is 6.20 Å². The summed E-state index contributed by atoms with van der Waals surface area (Å²) in [6.07, 6.45) is 3.10. The van der Waals surface area contributed by atoms with Crippen molar-refractivity contribution >= 4 is 16.9 Å². The molecule has 0 unspecified atom stereocenters. The second-order valence-corrected chi connectivity index (χ2v) is 3.20. The Kier molecular flexibility index (Phi) is 1.53. The zero-order valence-electron chi connectivity index (χ0n) is 7.77. The fourth-order valence-electron chi connectivity index (χ4n) is 1.61. The number of fused-ring (bicyclic) bond motifs is 1. The average molecular weight is 200 g/mol. The summed E-state index contributed by atoms with van der Waals surface area (Å²) in [5, 5.41) is 6.57. The topological polar surface area (TPSA) is 80.7 Å². The van der Waals surface area contributed by atoms with Crippen molar-refractivity contribution in [1.29, 1.82) is 0 Å². The number of rotatable bonds is 1. The molecule has 0 aliphatic carbocycles. The summed E-state index contributed by atoms with van der Waals surface area (Å²) in [5.41, 5.74) is 9.06. The lowest BCUT2D eigenvalue weighted by Crippen LogP contribution is -1.88. The number of aromatic amines is 1. The van der Waals surface area contributed by atoms with Gasteiger partial charge in [0.2, 0.25) is 0 Å². The van der Waals surface area contributed by atoms with Gasteiger partial charge in [0.15, 0.2) is 12.0 Å². The van der Waals surface area contributed by atoms with Crippen molar-refractivity contribution in [2.45, 2.75) is 0 Å². The molecule has 0 aliphatic heterocycles. The normalized spacial score (nSPS) is 10.9. The Bertz CT molecular complexity index is 610. The van der Waals surface area contributed by atoms with Crippen LogP contribution in [0.1, 0.15) is 0 Å². The third-order valence-electron chi connectivity index (χ3n) is 2.32. The number of nitrogens with one attached hydrogen (secondary N) is 1. The van der Waals surface area contributed by atoms with Crippen LogP contribution >= 0.6 is 0 Å². The molecule has 0 bridgehead atoms. The van der Waals surface area contributed by atoms with Crippen LogP contribution in [0, 0.1) is 0 Å². The molecular formula is C10H8N4O. The fourth-order valence-corrected chi connectivity index (χ4v) is 1.61. The van der Waals surface area contributed by atoms with E-state index >= 15 is 0 Å². The number of para-hydroxylation sites is 1. The summed E-state index contributed by atoms with van der Waals surface area (Å²) in [6.45, 7) is 0. The van der Waals surface area contributed by atoms with E-state index < -0.39 is 0 Å². The van der Waals surface area contributed by atoms with Gasteiger partial charge in [-0.15, -0.1) is 0 Å². The van der Waals surface area contributed by atoms with Crippen molar-refractivity contribution < 1.29 is 4.42 Å². The minimum atomic E-state index is 0.533. The zero-order valence-corrected chi connectivity index (χ0v) is 7.77. The molecule has 0 amide bonds. The summed E-state index contributed by atoms with van der Waals surface area (Å²) >= 11 is 0. The Morgan fingerprint density at radius 2 is 2.20 bits per heavy atom. The van der Waals surface area contributed by atoms with E-state index in [4.69, 9.17) is 10.2 Å². The molecule has 3 N–H and O–H groups in total. The monoisotopic (exact) mass is 200 g/mol. The lowest BCUT2D eigenvalue weighted by atomic mass is 10.1. The number of oxazole rings is 1. The van der Waals surface area contributed by atoms with Crippen LogP contribution in [-0.4, -0.2) is 15.2 Å². The molecule has 2 heterocycles. The number of nitrogens with zero attached hydrogens (tertiary/aromatic N) is 2. The van der Waals surface area contributed by atoms with Gasteiger partial charge in [-0.3, -0.25) is 5.10 Å². The van der Waals surface area contributed by atoms with E-state index in [1.165, 1.54) is 6.39 Å². The molecule has 0 saturated carbocycles. The minimum Gasteiger partial charge on any atom is -0.443 e. The molecule has 0 aliphatic rings. The van der Waals surface area contributed by atoms with Gasteiger partial charge in [0, 0.05) is 11.1 Å². The lowest BCUT2D eigenvalue weighted by molar-refractivity contribution is 0.602. The van der Waals surface area contributed by atoms with E-state index in [2.05, 4.69) is 15.2 Å². The Hall–Kier alpha value is -2.30. The second kappa shape index (κ2) is 2.84. The van der Waals surface area contributed by atoms with E-state index in [-0.39, 0.29) is 0 Å². The van der Waals surface area contributed by atoms with Gasteiger partial charge < -0.3 is 10.2 Å². The number of benzene rings is 1. The quantitative estimate of drug-likeness (QED) is 0.627. The molecule has 0 atom stereocenters. The van der Waals surface area contributed by atoms with E-state index in [9.17, 15) is 0 Å². The van der Waals surface area contributed by atoms with Crippen LogP contribution in [0.25, 0.3) is 22.2 Å². The van der Waals surface area contributed by atoms with E-state index in [0.29, 0.717) is 5.82 Å². The summed E-state index contributed by atoms with van der Waals surface area (Å²) < 4.78 is 5.21. The second-order valence-electron chi connectivity index (χ2n) is 3.20. The molecule has 5 heteroatoms. The van der Waals surface area contributed by atoms with Gasteiger partial charge in [0.05, 0.1) is 6.20 Å². The van der Waals surface area contributed by atoms with Crippen molar-refractivity contribution in [3.05, 3.63) is 30.8 Å². The maximum Gasteiger partial charge on any atom is 0.182 e. The standard InChI is InChI=1S/C10H8N4O/c11-10-7(4-13-14-10)6-2-1-3-8-9(6)12-5-15-8/h1-5H,(H3,11,13,14). The van der Waals surface area contributed by atoms with Crippen molar-refractivity contribution in [2.75, 3.05) is 5.73 Å². The molecule has 0 fully saturated rings. The van der Waals surface area contributed by atoms with Crippen molar-refractivity contribution in [1.82, 2.24) is 15.2 Å². The van der Waals surface area contributed by atoms with Gasteiger partial charge in [-0.1, -0.05) is 12.1 Å². The van der Waals surface area contributed by atoms with Crippen LogP contribution in [-0.2, 0) is 0 Å². The highest BCUT2D eigenvalue weighted by molar-refractivity contribution is 5.93. The number of nitrogens with two attached hydrogens (primary N) is 1. The number of nitrogen functional groups attached to an aromatic ring is 1. The van der Waals surface area contributed by atoms with Gasteiger partial charge in [0.1, 0.15) is 11.3 Å². The van der Waals surface area contributed by atoms with Crippen LogP contribution in [0.3, 0.4) is 0 Å². The molecule has 1 aromatic carbocycles. The molecular weight excluding hydrogens is 192 g/mol. The Labute approximate surface area is 84.9 Å². The smallest absolute Gasteiger partial charge is 0.182 e. The van der Waals surface area contributed by atoms with Gasteiger partial charge in [-0.05, 0) is 6.07 Å². The SMILES string of the molecule is Nc1[nH]ncc1-c1cccc2ocnc12. The first kappa shape index (κ1) is 8.05. The zero-order chi connectivity index (χ0) is 10.3. The molecule has 74 valence electrons. The van der Waals surface area contributed by atoms with Gasteiger partial charge in [0.25, 0.3) is 0 Å². The summed E-state index contributed by atoms with van der Waals surface area (Å²) in [4.78, 5) is 4.15. The molecule has 0 radical (unpaired) electrons. The Balaban J connectivity index is 2.36. The van der Waals surface area contributed by atoms with Crippen LogP contribution in [0.5, 0.6) is 0 Å². The van der Waals surface area contributed by atoms with Gasteiger partial charge >= 0.3 is 0 Å². The number of hydrogen-bond donors (Lipinski definition) is 2. The highest BCUT2D eigenvalue weighted by atomic mass is 16.3. The van der Waals surface area contributed by atoms with Crippen LogP contribution in [0.15, 0.2) is 35.2 Å². The molecule has 15 heavy (non-hydrogen) atoms. The molecule has 0 spiro atoms. The maximum absolute atomic E-state index is 5.76. The Morgan fingerprint density at radius 3 is 3.00 bits per heavy atom. The predicted molar refractivity (Wildman–Crippen MR) is 56.0 cm³/mol. The van der Waals surface area contributed by atoms with Crippen LogP contribution in [0.4, 0.5) is 5.82 Å². The first-order valence-electron chi connectivity index (χ1n) is 4.47. The van der Waals surface area contributed by atoms with Crippen molar-refractivity contribution in [3.8, 4) is 11.1 Å². The minimum absolute atomic E-state index is 0.533. The van der Waals surface area contributed by atoms with Gasteiger partial charge in [-0.2, -0.15) is 5.10 Å². The molecule has 3 rings (SSSR count). The Morgan fingerprint density at radius 1 is 1.27 bits per heavy atom. The number of aromatic nitrogens is 3. The average Bonchev–Trinajstić information content (AvgIpc) is 2.85. The highest BCUT2D eigenvalue weighted by Crippen LogP contribution is 2.29. The third-order valence-corrected chi connectivity index (χ3v) is 2.32. The largest absolute Gasteiger partial charge is 0.443 e. The third kappa shape index (κ3) is 1.10. The lowest BCUT2D eigenvalue weighted by Gasteiger charge is -1.98. The van der Waals surface area contributed by atoms with Crippen molar-refractivity contribution in [2.24, 2.45) is 0 Å². The van der Waals surface area contributed by atoms with Crippen LogP contribution in [0.2, 0.25) is 0 Å². The van der Waals surface area contributed by atoms with Crippen molar-refractivity contribution in [3.63, 3.8) is 0 Å². The molecule has 3 aromatic rings. The molecule has 5 nitrogen and oxygen atoms in total. The maximum atomic E-state index is 5.76. The number of anilines is 1. The summed E-state index contributed by atoms with van der Waals surface area (Å²) in [7, 11) is 0. The fraction of sp³-hybridized carbons (Fsp3) is 0. The first-order valence-corrected chi connectivity index (χ1v) is 4.47.